The molecule has 3 atom stereocenters. The van der Waals surface area contributed by atoms with E-state index in [4.69, 9.17) is 11.6 Å². The van der Waals surface area contributed by atoms with Crippen LogP contribution in [0.2, 0.25) is 5.02 Å². The van der Waals surface area contributed by atoms with Gasteiger partial charge in [-0.05, 0) is 49.4 Å². The van der Waals surface area contributed by atoms with Crippen LogP contribution >= 0.6 is 11.6 Å². The number of halogens is 1. The number of hydrogen-bond donors (Lipinski definition) is 2. The molecule has 3 unspecified atom stereocenters. The van der Waals surface area contributed by atoms with E-state index in [1.807, 2.05) is 24.3 Å². The molecule has 20 heavy (non-hydrogen) atoms. The smallest absolute Gasteiger partial charge is 0.306 e. The van der Waals surface area contributed by atoms with E-state index in [9.17, 15) is 9.90 Å². The van der Waals surface area contributed by atoms with Crippen LogP contribution in [-0.2, 0) is 4.79 Å². The quantitative estimate of drug-likeness (QED) is 0.837. The first-order valence-electron chi connectivity index (χ1n) is 7.33. The summed E-state index contributed by atoms with van der Waals surface area (Å²) in [6, 6.07) is 8.13. The number of hydrogen-bond acceptors (Lipinski definition) is 2. The fourth-order valence-corrected chi connectivity index (χ4v) is 3.22. The van der Waals surface area contributed by atoms with Crippen molar-refractivity contribution < 1.29 is 9.90 Å². The predicted octanol–water partition coefficient (Wildman–Crippen LogP) is 3.88. The number of benzene rings is 1. The fraction of sp³-hybridized carbons (Fsp3) is 0.562. The zero-order valence-corrected chi connectivity index (χ0v) is 12.6. The van der Waals surface area contributed by atoms with Gasteiger partial charge < -0.3 is 10.4 Å². The molecule has 0 aromatic heterocycles. The van der Waals surface area contributed by atoms with Crippen LogP contribution in [0.25, 0.3) is 0 Å². The molecule has 0 heterocycles. The lowest BCUT2D eigenvalue weighted by Crippen LogP contribution is -2.31. The first kappa shape index (κ1) is 15.3. The molecule has 0 aliphatic heterocycles. The Kier molecular flexibility index (Phi) is 5.44. The van der Waals surface area contributed by atoms with Crippen molar-refractivity contribution in [2.24, 2.45) is 11.8 Å². The van der Waals surface area contributed by atoms with E-state index >= 15 is 0 Å². The van der Waals surface area contributed by atoms with E-state index < -0.39 is 5.97 Å². The van der Waals surface area contributed by atoms with Crippen LogP contribution in [0.4, 0.5) is 0 Å². The lowest BCUT2D eigenvalue weighted by molar-refractivity contribution is -0.142. The van der Waals surface area contributed by atoms with Crippen molar-refractivity contribution in [1.82, 2.24) is 5.32 Å². The third-order valence-corrected chi connectivity index (χ3v) is 4.54. The van der Waals surface area contributed by atoms with E-state index in [0.29, 0.717) is 0 Å². The molecule has 1 aliphatic carbocycles. The van der Waals surface area contributed by atoms with E-state index in [-0.39, 0.29) is 17.9 Å². The third kappa shape index (κ3) is 3.74. The lowest BCUT2D eigenvalue weighted by Gasteiger charge is -2.22. The van der Waals surface area contributed by atoms with Crippen LogP contribution in [0.5, 0.6) is 0 Å². The summed E-state index contributed by atoms with van der Waals surface area (Å²) in [5.41, 5.74) is 1.21. The number of carboxylic acids is 1. The van der Waals surface area contributed by atoms with E-state index in [1.54, 1.807) is 0 Å². The SMILES string of the molecule is CCC(NCC1CCCC1C(=O)O)c1ccc(Cl)cc1. The molecule has 1 fully saturated rings. The van der Waals surface area contributed by atoms with E-state index in [2.05, 4.69) is 12.2 Å². The first-order chi connectivity index (χ1) is 9.61. The summed E-state index contributed by atoms with van der Waals surface area (Å²) in [4.78, 5) is 11.2. The van der Waals surface area contributed by atoms with Gasteiger partial charge in [0.05, 0.1) is 5.92 Å². The summed E-state index contributed by atoms with van der Waals surface area (Å²) < 4.78 is 0. The normalized spacial score (nSPS) is 23.7. The van der Waals surface area contributed by atoms with Gasteiger partial charge in [0.2, 0.25) is 0 Å². The maximum Gasteiger partial charge on any atom is 0.306 e. The molecule has 0 bridgehead atoms. The second-order valence-corrected chi connectivity index (χ2v) is 5.99. The van der Waals surface area contributed by atoms with Gasteiger partial charge in [0.15, 0.2) is 0 Å². The largest absolute Gasteiger partial charge is 0.481 e. The minimum atomic E-state index is -0.645. The topological polar surface area (TPSA) is 49.3 Å². The van der Waals surface area contributed by atoms with E-state index in [1.165, 1.54) is 5.56 Å². The first-order valence-corrected chi connectivity index (χ1v) is 7.71. The molecule has 1 aromatic carbocycles. The van der Waals surface area contributed by atoms with Crippen molar-refractivity contribution in [2.45, 2.75) is 38.6 Å². The zero-order chi connectivity index (χ0) is 14.5. The molecule has 4 heteroatoms. The Labute approximate surface area is 125 Å². The Bertz CT molecular complexity index is 446. The Hall–Kier alpha value is -1.06. The number of carboxylic acid groups (broad SMARTS) is 1. The van der Waals surface area contributed by atoms with Crippen LogP contribution in [-0.4, -0.2) is 17.6 Å². The van der Waals surface area contributed by atoms with Crippen LogP contribution in [0.1, 0.15) is 44.2 Å². The summed E-state index contributed by atoms with van der Waals surface area (Å²) in [5, 5.41) is 13.5. The zero-order valence-electron chi connectivity index (χ0n) is 11.8. The van der Waals surface area contributed by atoms with Crippen molar-refractivity contribution in [1.29, 1.82) is 0 Å². The van der Waals surface area contributed by atoms with Crippen molar-refractivity contribution in [3.05, 3.63) is 34.9 Å². The standard InChI is InChI=1S/C16H22ClNO2/c1-2-15(11-6-8-13(17)9-7-11)18-10-12-4-3-5-14(12)16(19)20/h6-9,12,14-15,18H,2-5,10H2,1H3,(H,19,20). The van der Waals surface area contributed by atoms with Crippen LogP contribution < -0.4 is 5.32 Å². The average Bonchev–Trinajstić information content (AvgIpc) is 2.90. The molecular weight excluding hydrogens is 274 g/mol. The van der Waals surface area contributed by atoms with Crippen LogP contribution in [0.15, 0.2) is 24.3 Å². The molecule has 1 aromatic rings. The van der Waals surface area contributed by atoms with Gasteiger partial charge in [-0.25, -0.2) is 0 Å². The number of aliphatic carboxylic acids is 1. The molecular formula is C16H22ClNO2. The van der Waals surface area contributed by atoms with E-state index in [0.717, 1.165) is 37.3 Å². The maximum absolute atomic E-state index is 11.2. The van der Waals surface area contributed by atoms with Gasteiger partial charge in [-0.1, -0.05) is 37.1 Å². The van der Waals surface area contributed by atoms with Gasteiger partial charge in [-0.2, -0.15) is 0 Å². The maximum atomic E-state index is 11.2. The van der Waals surface area contributed by atoms with Gasteiger partial charge in [0.1, 0.15) is 0 Å². The fourth-order valence-electron chi connectivity index (χ4n) is 3.09. The highest BCUT2D eigenvalue weighted by molar-refractivity contribution is 6.30. The second-order valence-electron chi connectivity index (χ2n) is 5.56. The minimum Gasteiger partial charge on any atom is -0.481 e. The molecule has 1 aliphatic rings. The van der Waals surface area contributed by atoms with Crippen molar-refractivity contribution in [3.63, 3.8) is 0 Å². The highest BCUT2D eigenvalue weighted by Crippen LogP contribution is 2.32. The minimum absolute atomic E-state index is 0.176. The average molecular weight is 296 g/mol. The predicted molar refractivity (Wildman–Crippen MR) is 81.0 cm³/mol. The highest BCUT2D eigenvalue weighted by Gasteiger charge is 2.32. The molecule has 2 N–H and O–H groups in total. The highest BCUT2D eigenvalue weighted by atomic mass is 35.5. The van der Waals surface area contributed by atoms with Crippen molar-refractivity contribution in [2.75, 3.05) is 6.54 Å². The second kappa shape index (κ2) is 7.09. The molecule has 3 nitrogen and oxygen atoms in total. The summed E-state index contributed by atoms with van der Waals surface area (Å²) in [6.07, 6.45) is 3.84. The van der Waals surface area contributed by atoms with Gasteiger partial charge in [-0.15, -0.1) is 0 Å². The molecule has 110 valence electrons. The molecule has 0 radical (unpaired) electrons. The Morgan fingerprint density at radius 3 is 2.70 bits per heavy atom. The number of carbonyl (C=O) groups is 1. The van der Waals surface area contributed by atoms with Gasteiger partial charge in [-0.3, -0.25) is 4.79 Å². The monoisotopic (exact) mass is 295 g/mol. The summed E-state index contributed by atoms with van der Waals surface area (Å²) in [5.74, 6) is -0.562. The third-order valence-electron chi connectivity index (χ3n) is 4.28. The number of nitrogens with one attached hydrogen (secondary N) is 1. The Morgan fingerprint density at radius 2 is 2.10 bits per heavy atom. The molecule has 0 spiro atoms. The Balaban J connectivity index is 1.94. The molecule has 0 amide bonds. The summed E-state index contributed by atoms with van der Waals surface area (Å²) in [6.45, 7) is 2.91. The Morgan fingerprint density at radius 1 is 1.40 bits per heavy atom. The van der Waals surface area contributed by atoms with Gasteiger partial charge in [0.25, 0.3) is 0 Å². The van der Waals surface area contributed by atoms with Crippen LogP contribution in [0, 0.1) is 11.8 Å². The van der Waals surface area contributed by atoms with Gasteiger partial charge in [0, 0.05) is 11.1 Å². The van der Waals surface area contributed by atoms with Crippen LogP contribution in [0.3, 0.4) is 0 Å². The number of rotatable bonds is 6. The molecule has 2 rings (SSSR count). The summed E-state index contributed by atoms with van der Waals surface area (Å²) in [7, 11) is 0. The lowest BCUT2D eigenvalue weighted by atomic mass is 9.95. The molecule has 1 saturated carbocycles. The van der Waals surface area contributed by atoms with Gasteiger partial charge >= 0.3 is 5.97 Å². The molecule has 0 saturated heterocycles. The van der Waals surface area contributed by atoms with Crippen molar-refractivity contribution >= 4 is 17.6 Å². The van der Waals surface area contributed by atoms with Crippen molar-refractivity contribution in [3.8, 4) is 0 Å². The summed E-state index contributed by atoms with van der Waals surface area (Å²) >= 11 is 5.91.